The van der Waals surface area contributed by atoms with Crippen LogP contribution in [0, 0.1) is 35.7 Å². The molecule has 0 aliphatic rings. The second-order valence-corrected chi connectivity index (χ2v) is 9.02. The maximum Gasteiger partial charge on any atom is 0.270 e. The van der Waals surface area contributed by atoms with Crippen molar-refractivity contribution < 1.29 is 18.7 Å². The van der Waals surface area contributed by atoms with Crippen molar-refractivity contribution in [2.75, 3.05) is 0 Å². The normalized spacial score (nSPS) is 12.7. The average molecular weight is 440 g/mol. The number of benzene rings is 2. The Morgan fingerprint density at radius 1 is 1.16 bits per heavy atom. The second kappa shape index (κ2) is 8.15. The molecule has 0 saturated heterocycles. The lowest BCUT2D eigenvalue weighted by molar-refractivity contribution is -0.385. The Morgan fingerprint density at radius 2 is 1.81 bits per heavy atom. The number of ether oxygens (including phenoxy) is 1. The molecular formula is C21H20N4O5S. The van der Waals surface area contributed by atoms with Crippen LogP contribution in [0.4, 0.5) is 5.69 Å². The predicted molar refractivity (Wildman–Crippen MR) is 114 cm³/mol. The number of nitro groups is 1. The van der Waals surface area contributed by atoms with Crippen molar-refractivity contribution in [1.82, 2.24) is 4.98 Å². The van der Waals surface area contributed by atoms with Gasteiger partial charge in [0.2, 0.25) is 5.88 Å². The van der Waals surface area contributed by atoms with Gasteiger partial charge in [-0.25, -0.2) is 14.0 Å². The second-order valence-electron chi connectivity index (χ2n) is 6.99. The summed E-state index contributed by atoms with van der Waals surface area (Å²) in [5, 5.41) is 11.1. The molecule has 10 heteroatoms. The Balaban J connectivity index is 2.19. The number of nitro benzene ring substituents is 1. The first-order valence-corrected chi connectivity index (χ1v) is 10.7. The van der Waals surface area contributed by atoms with Crippen molar-refractivity contribution >= 4 is 21.3 Å². The highest BCUT2D eigenvalue weighted by Gasteiger charge is 2.27. The standard InChI is InChI=1S/C21H20N4O5S/c1-12-9-13(2)19(14(3)10-12)30-21-18(20(22)26)17(7-8-24-21)31(23,29)16-6-4-5-15(11-16)25(27)28/h4-11,23H,1-3H3,(H2,22,26). The van der Waals surface area contributed by atoms with Crippen LogP contribution in [0.3, 0.4) is 0 Å². The smallest absolute Gasteiger partial charge is 0.270 e. The molecule has 0 aliphatic carbocycles. The quantitative estimate of drug-likeness (QED) is 0.432. The molecule has 1 amide bonds. The Labute approximate surface area is 179 Å². The van der Waals surface area contributed by atoms with Crippen LogP contribution < -0.4 is 10.5 Å². The number of amides is 1. The van der Waals surface area contributed by atoms with Crippen LogP contribution in [0.25, 0.3) is 0 Å². The summed E-state index contributed by atoms with van der Waals surface area (Å²) >= 11 is 0. The first-order valence-electron chi connectivity index (χ1n) is 9.10. The molecule has 3 aromatic rings. The van der Waals surface area contributed by atoms with Crippen LogP contribution in [-0.2, 0) is 9.73 Å². The number of nitrogens with two attached hydrogens (primary N) is 1. The minimum absolute atomic E-state index is 0.135. The fourth-order valence-electron chi connectivity index (χ4n) is 3.30. The fraction of sp³-hybridized carbons (Fsp3) is 0.143. The van der Waals surface area contributed by atoms with Gasteiger partial charge in [0.25, 0.3) is 11.6 Å². The van der Waals surface area contributed by atoms with E-state index in [2.05, 4.69) is 4.98 Å². The van der Waals surface area contributed by atoms with Gasteiger partial charge in [-0.15, -0.1) is 0 Å². The minimum Gasteiger partial charge on any atom is -0.438 e. The van der Waals surface area contributed by atoms with Gasteiger partial charge >= 0.3 is 0 Å². The summed E-state index contributed by atoms with van der Waals surface area (Å²) in [4.78, 5) is 26.4. The number of nitrogens with zero attached hydrogens (tertiary/aromatic N) is 2. The van der Waals surface area contributed by atoms with E-state index in [1.807, 2.05) is 32.9 Å². The van der Waals surface area contributed by atoms with Gasteiger partial charge in [-0.1, -0.05) is 23.8 Å². The number of hydrogen-bond acceptors (Lipinski definition) is 7. The first kappa shape index (κ1) is 21.9. The van der Waals surface area contributed by atoms with E-state index in [-0.39, 0.29) is 26.9 Å². The van der Waals surface area contributed by atoms with E-state index in [9.17, 15) is 19.1 Å². The van der Waals surface area contributed by atoms with Crippen molar-refractivity contribution in [1.29, 1.82) is 4.78 Å². The molecule has 3 N–H and O–H groups in total. The van der Waals surface area contributed by atoms with Crippen molar-refractivity contribution in [3.05, 3.63) is 81.0 Å². The molecule has 9 nitrogen and oxygen atoms in total. The lowest BCUT2D eigenvalue weighted by atomic mass is 10.1. The van der Waals surface area contributed by atoms with Gasteiger partial charge in [0.1, 0.15) is 21.0 Å². The van der Waals surface area contributed by atoms with Crippen LogP contribution in [0.5, 0.6) is 11.6 Å². The predicted octanol–water partition coefficient (Wildman–Crippen LogP) is 4.27. The number of aromatic nitrogens is 1. The van der Waals surface area contributed by atoms with E-state index >= 15 is 0 Å². The summed E-state index contributed by atoms with van der Waals surface area (Å²) < 4.78 is 27.8. The van der Waals surface area contributed by atoms with Crippen LogP contribution in [0.15, 0.2) is 58.5 Å². The maximum atomic E-state index is 13.4. The molecule has 2 aromatic carbocycles. The van der Waals surface area contributed by atoms with Crippen molar-refractivity contribution in [2.45, 2.75) is 30.6 Å². The summed E-state index contributed by atoms with van der Waals surface area (Å²) in [5.74, 6) is -0.707. The van der Waals surface area contributed by atoms with Crippen LogP contribution >= 0.6 is 0 Å². The summed E-state index contributed by atoms with van der Waals surface area (Å²) in [5.41, 5.74) is 7.53. The van der Waals surface area contributed by atoms with Crippen LogP contribution in [0.1, 0.15) is 27.0 Å². The molecule has 0 radical (unpaired) electrons. The van der Waals surface area contributed by atoms with Crippen molar-refractivity contribution in [3.8, 4) is 11.6 Å². The molecule has 1 aromatic heterocycles. The topological polar surface area (TPSA) is 149 Å². The van der Waals surface area contributed by atoms with Crippen LogP contribution in [-0.4, -0.2) is 20.0 Å². The average Bonchev–Trinajstić information content (AvgIpc) is 2.70. The molecular weight excluding hydrogens is 420 g/mol. The number of carbonyl (C=O) groups is 1. The molecule has 0 saturated carbocycles. The fourth-order valence-corrected chi connectivity index (χ4v) is 4.84. The number of pyridine rings is 1. The Bertz CT molecular complexity index is 1300. The Hall–Kier alpha value is -3.79. The lowest BCUT2D eigenvalue weighted by Crippen LogP contribution is -2.18. The number of rotatable bonds is 6. The van der Waals surface area contributed by atoms with Gasteiger partial charge in [-0.3, -0.25) is 14.9 Å². The summed E-state index contributed by atoms with van der Waals surface area (Å²) in [6.07, 6.45) is 1.25. The molecule has 0 spiro atoms. The largest absolute Gasteiger partial charge is 0.438 e. The van der Waals surface area contributed by atoms with Gasteiger partial charge in [-0.05, 0) is 44.0 Å². The van der Waals surface area contributed by atoms with E-state index in [1.54, 1.807) is 0 Å². The SMILES string of the molecule is Cc1cc(C)c(Oc2nccc(S(=N)(=O)c3cccc([N+](=O)[O-])c3)c2C(N)=O)c(C)c1. The highest BCUT2D eigenvalue weighted by atomic mass is 32.2. The molecule has 31 heavy (non-hydrogen) atoms. The van der Waals surface area contributed by atoms with Crippen molar-refractivity contribution in [3.63, 3.8) is 0 Å². The zero-order valence-corrected chi connectivity index (χ0v) is 17.9. The third-order valence-electron chi connectivity index (χ3n) is 4.60. The maximum absolute atomic E-state index is 13.4. The van der Waals surface area contributed by atoms with E-state index in [0.29, 0.717) is 5.75 Å². The van der Waals surface area contributed by atoms with Gasteiger partial charge in [0.05, 0.1) is 14.7 Å². The zero-order chi connectivity index (χ0) is 22.9. The molecule has 3 rings (SSSR count). The first-order chi connectivity index (χ1) is 14.5. The molecule has 1 unspecified atom stereocenters. The highest BCUT2D eigenvalue weighted by molar-refractivity contribution is 7.92. The van der Waals surface area contributed by atoms with E-state index in [0.717, 1.165) is 22.8 Å². The van der Waals surface area contributed by atoms with Gasteiger partial charge < -0.3 is 10.5 Å². The number of primary amides is 1. The third kappa shape index (κ3) is 4.24. The Morgan fingerprint density at radius 3 is 2.39 bits per heavy atom. The van der Waals surface area contributed by atoms with Gasteiger partial charge in [0, 0.05) is 18.3 Å². The molecule has 1 atom stereocenters. The molecule has 0 aliphatic heterocycles. The monoisotopic (exact) mass is 440 g/mol. The molecule has 160 valence electrons. The van der Waals surface area contributed by atoms with Gasteiger partial charge in [-0.2, -0.15) is 0 Å². The summed E-state index contributed by atoms with van der Waals surface area (Å²) in [7, 11) is -3.84. The lowest BCUT2D eigenvalue weighted by Gasteiger charge is -2.17. The molecule has 0 fully saturated rings. The Kier molecular flexibility index (Phi) is 5.76. The zero-order valence-electron chi connectivity index (χ0n) is 17.0. The van der Waals surface area contributed by atoms with E-state index in [1.165, 1.54) is 30.5 Å². The van der Waals surface area contributed by atoms with Gasteiger partial charge in [0.15, 0.2) is 0 Å². The highest BCUT2D eigenvalue weighted by Crippen LogP contribution is 2.35. The molecule has 1 heterocycles. The minimum atomic E-state index is -3.84. The number of non-ortho nitro benzene ring substituents is 1. The third-order valence-corrected chi connectivity index (χ3v) is 6.48. The van der Waals surface area contributed by atoms with E-state index in [4.69, 9.17) is 15.3 Å². The number of nitrogens with one attached hydrogen (secondary N) is 1. The molecule has 0 bridgehead atoms. The van der Waals surface area contributed by atoms with Crippen molar-refractivity contribution in [2.24, 2.45) is 5.73 Å². The summed E-state index contributed by atoms with van der Waals surface area (Å²) in [6, 6.07) is 9.93. The van der Waals surface area contributed by atoms with E-state index < -0.39 is 20.6 Å². The summed E-state index contributed by atoms with van der Waals surface area (Å²) in [6.45, 7) is 5.60. The number of hydrogen-bond donors (Lipinski definition) is 2. The van der Waals surface area contributed by atoms with Crippen LogP contribution in [0.2, 0.25) is 0 Å². The number of carbonyl (C=O) groups excluding carboxylic acids is 1. The number of aryl methyl sites for hydroxylation is 3.